The molecule has 0 fully saturated rings. The SMILES string of the molecule is CNC(=O)OCC(O)(c1c(C(CBr)OC)ccc2c1OCO2)C(C)(C)C. The van der Waals surface area contributed by atoms with Gasteiger partial charge in [0.1, 0.15) is 12.2 Å². The Kier molecular flexibility index (Phi) is 6.42. The third-order valence-corrected chi connectivity index (χ3v) is 5.20. The molecule has 0 saturated carbocycles. The molecule has 2 N–H and O–H groups in total. The Bertz CT molecular complexity index is 656. The first kappa shape index (κ1) is 20.8. The number of carbonyl (C=O) groups excluding carboxylic acids is 1. The molecule has 1 aliphatic rings. The fraction of sp³-hybridized carbons (Fsp3) is 0.611. The molecular formula is C18H26BrNO6. The van der Waals surface area contributed by atoms with Crippen LogP contribution >= 0.6 is 15.9 Å². The van der Waals surface area contributed by atoms with Crippen molar-refractivity contribution in [1.29, 1.82) is 0 Å². The van der Waals surface area contributed by atoms with Crippen molar-refractivity contribution < 1.29 is 28.8 Å². The van der Waals surface area contributed by atoms with Crippen molar-refractivity contribution in [2.45, 2.75) is 32.5 Å². The largest absolute Gasteiger partial charge is 0.454 e. The zero-order chi connectivity index (χ0) is 19.5. The Labute approximate surface area is 162 Å². The molecule has 1 heterocycles. The molecule has 7 nitrogen and oxygen atoms in total. The number of ether oxygens (including phenoxy) is 4. The molecule has 2 rings (SSSR count). The van der Waals surface area contributed by atoms with Gasteiger partial charge in [-0.15, -0.1) is 0 Å². The van der Waals surface area contributed by atoms with Crippen molar-refractivity contribution in [3.8, 4) is 11.5 Å². The van der Waals surface area contributed by atoms with Crippen molar-refractivity contribution in [1.82, 2.24) is 5.32 Å². The molecule has 2 atom stereocenters. The minimum absolute atomic E-state index is 0.0638. The first-order valence-electron chi connectivity index (χ1n) is 8.28. The van der Waals surface area contributed by atoms with Crippen LogP contribution in [0.5, 0.6) is 11.5 Å². The highest BCUT2D eigenvalue weighted by Gasteiger charge is 2.48. The van der Waals surface area contributed by atoms with Crippen LogP contribution in [0.15, 0.2) is 12.1 Å². The van der Waals surface area contributed by atoms with Crippen molar-refractivity contribution in [3.63, 3.8) is 0 Å². The van der Waals surface area contributed by atoms with Crippen LogP contribution in [0.1, 0.15) is 38.0 Å². The lowest BCUT2D eigenvalue weighted by molar-refractivity contribution is -0.106. The van der Waals surface area contributed by atoms with E-state index in [4.69, 9.17) is 18.9 Å². The summed E-state index contributed by atoms with van der Waals surface area (Å²) in [5.41, 5.74) is -0.962. The molecular weight excluding hydrogens is 406 g/mol. The smallest absolute Gasteiger partial charge is 0.406 e. The first-order chi connectivity index (χ1) is 12.2. The molecule has 1 aromatic carbocycles. The van der Waals surface area contributed by atoms with E-state index in [1.165, 1.54) is 7.05 Å². The van der Waals surface area contributed by atoms with Crippen LogP contribution < -0.4 is 14.8 Å². The van der Waals surface area contributed by atoms with Gasteiger partial charge in [-0.3, -0.25) is 0 Å². The van der Waals surface area contributed by atoms with Crippen molar-refractivity contribution in [2.24, 2.45) is 5.41 Å². The van der Waals surface area contributed by atoms with Gasteiger partial charge in [0.05, 0.1) is 6.10 Å². The van der Waals surface area contributed by atoms with Crippen LogP contribution in [-0.4, -0.2) is 44.1 Å². The Morgan fingerprint density at radius 3 is 2.62 bits per heavy atom. The summed E-state index contributed by atoms with van der Waals surface area (Å²) >= 11 is 3.44. The highest BCUT2D eigenvalue weighted by Crippen LogP contribution is 2.51. The van der Waals surface area contributed by atoms with Gasteiger partial charge < -0.3 is 29.4 Å². The number of amides is 1. The average molecular weight is 432 g/mol. The summed E-state index contributed by atoms with van der Waals surface area (Å²) in [6.45, 7) is 5.43. The summed E-state index contributed by atoms with van der Waals surface area (Å²) in [7, 11) is 3.06. The van der Waals surface area contributed by atoms with Crippen molar-refractivity contribution in [2.75, 3.05) is 32.9 Å². The quantitative estimate of drug-likeness (QED) is 0.672. The molecule has 8 heteroatoms. The second kappa shape index (κ2) is 8.02. The van der Waals surface area contributed by atoms with Gasteiger partial charge in [-0.2, -0.15) is 0 Å². The monoisotopic (exact) mass is 431 g/mol. The zero-order valence-electron chi connectivity index (χ0n) is 15.7. The number of alkyl carbamates (subject to hydrolysis) is 1. The molecule has 0 aliphatic carbocycles. The number of hydrogen-bond acceptors (Lipinski definition) is 6. The predicted molar refractivity (Wildman–Crippen MR) is 99.9 cm³/mol. The van der Waals surface area contributed by atoms with Crippen molar-refractivity contribution in [3.05, 3.63) is 23.3 Å². The summed E-state index contributed by atoms with van der Waals surface area (Å²) in [5.74, 6) is 0.985. The Morgan fingerprint density at radius 2 is 2.08 bits per heavy atom. The predicted octanol–water partition coefficient (Wildman–Crippen LogP) is 3.09. The maximum atomic E-state index is 11.7. The van der Waals surface area contributed by atoms with Crippen LogP contribution in [-0.2, 0) is 15.1 Å². The van der Waals surface area contributed by atoms with E-state index in [0.717, 1.165) is 5.56 Å². The fourth-order valence-corrected chi connectivity index (χ4v) is 3.47. The number of nitrogens with one attached hydrogen (secondary N) is 1. The number of hydrogen-bond donors (Lipinski definition) is 2. The van der Waals surface area contributed by atoms with E-state index in [-0.39, 0.29) is 19.5 Å². The summed E-state index contributed by atoms with van der Waals surface area (Å²) in [6, 6.07) is 3.63. The number of benzene rings is 1. The first-order valence-corrected chi connectivity index (χ1v) is 9.40. The second-order valence-corrected chi connectivity index (χ2v) is 7.73. The number of fused-ring (bicyclic) bond motifs is 1. The van der Waals surface area contributed by atoms with E-state index < -0.39 is 17.1 Å². The van der Waals surface area contributed by atoms with E-state index in [1.54, 1.807) is 13.2 Å². The summed E-state index contributed by atoms with van der Waals surface area (Å²) in [6.07, 6.45) is -0.948. The highest BCUT2D eigenvalue weighted by molar-refractivity contribution is 9.09. The van der Waals surface area contributed by atoms with Crippen LogP contribution in [0, 0.1) is 5.41 Å². The summed E-state index contributed by atoms with van der Waals surface area (Å²) in [4.78, 5) is 11.6. The topological polar surface area (TPSA) is 86.3 Å². The van der Waals surface area contributed by atoms with Gasteiger partial charge >= 0.3 is 6.09 Å². The van der Waals surface area contributed by atoms with E-state index in [0.29, 0.717) is 22.4 Å². The number of aliphatic hydroxyl groups is 1. The van der Waals surface area contributed by atoms with E-state index >= 15 is 0 Å². The molecule has 26 heavy (non-hydrogen) atoms. The molecule has 146 valence electrons. The van der Waals surface area contributed by atoms with Gasteiger partial charge in [0, 0.05) is 25.1 Å². The van der Waals surface area contributed by atoms with Gasteiger partial charge in [0.15, 0.2) is 11.5 Å². The normalized spacial score (nSPS) is 16.7. The molecule has 1 amide bonds. The molecule has 0 saturated heterocycles. The summed E-state index contributed by atoms with van der Waals surface area (Å²) < 4.78 is 22.0. The third-order valence-electron chi connectivity index (χ3n) is 4.61. The molecule has 0 aromatic heterocycles. The van der Waals surface area contributed by atoms with E-state index in [2.05, 4.69) is 21.2 Å². The van der Waals surface area contributed by atoms with Gasteiger partial charge in [-0.1, -0.05) is 42.8 Å². The Morgan fingerprint density at radius 1 is 1.38 bits per heavy atom. The number of halogens is 1. The minimum atomic E-state index is -1.53. The van der Waals surface area contributed by atoms with Crippen LogP contribution in [0.2, 0.25) is 0 Å². The second-order valence-electron chi connectivity index (χ2n) is 7.08. The Balaban J connectivity index is 2.66. The number of carbonyl (C=O) groups is 1. The maximum Gasteiger partial charge on any atom is 0.406 e. The fourth-order valence-electron chi connectivity index (χ4n) is 2.86. The van der Waals surface area contributed by atoms with Gasteiger partial charge in [0.2, 0.25) is 6.79 Å². The number of methoxy groups -OCH3 is 1. The molecule has 1 aliphatic heterocycles. The molecule has 0 bridgehead atoms. The Hall–Kier alpha value is -1.51. The zero-order valence-corrected chi connectivity index (χ0v) is 17.3. The molecule has 2 unspecified atom stereocenters. The van der Waals surface area contributed by atoms with Crippen LogP contribution in [0.3, 0.4) is 0 Å². The van der Waals surface area contributed by atoms with Crippen LogP contribution in [0.25, 0.3) is 0 Å². The van der Waals surface area contributed by atoms with Crippen LogP contribution in [0.4, 0.5) is 4.79 Å². The van der Waals surface area contributed by atoms with Gasteiger partial charge in [-0.25, -0.2) is 4.79 Å². The lowest BCUT2D eigenvalue weighted by Gasteiger charge is -2.42. The number of alkyl halides is 1. The van der Waals surface area contributed by atoms with E-state index in [9.17, 15) is 9.90 Å². The lowest BCUT2D eigenvalue weighted by atomic mass is 9.70. The number of rotatable bonds is 6. The average Bonchev–Trinajstić information content (AvgIpc) is 3.07. The minimum Gasteiger partial charge on any atom is -0.454 e. The van der Waals surface area contributed by atoms with E-state index in [1.807, 2.05) is 26.8 Å². The van der Waals surface area contributed by atoms with Gasteiger partial charge in [-0.05, 0) is 17.0 Å². The third kappa shape index (κ3) is 3.77. The van der Waals surface area contributed by atoms with Gasteiger partial charge in [0.25, 0.3) is 0 Å². The van der Waals surface area contributed by atoms with Crippen molar-refractivity contribution >= 4 is 22.0 Å². The summed E-state index contributed by atoms with van der Waals surface area (Å²) in [5, 5.41) is 14.6. The molecule has 0 spiro atoms. The lowest BCUT2D eigenvalue weighted by Crippen LogP contribution is -2.46. The maximum absolute atomic E-state index is 11.7. The highest BCUT2D eigenvalue weighted by atomic mass is 79.9. The molecule has 1 aromatic rings. The molecule has 0 radical (unpaired) electrons. The standard InChI is InChI=1S/C18H26BrNO6/c1-17(2,3)18(22,9-24-16(21)20-4)14-11(13(8-19)23-5)6-7-12-15(14)26-10-25-12/h6-7,13,22H,8-10H2,1-5H3,(H,20,21).